The summed E-state index contributed by atoms with van der Waals surface area (Å²) < 4.78 is 0. The zero-order valence-electron chi connectivity index (χ0n) is 10.3. The molecule has 0 saturated heterocycles. The lowest BCUT2D eigenvalue weighted by Gasteiger charge is -2.13. The molecule has 1 aromatic heterocycles. The van der Waals surface area contributed by atoms with Crippen LogP contribution in [0.5, 0.6) is 0 Å². The Labute approximate surface area is 122 Å². The van der Waals surface area contributed by atoms with E-state index in [0.29, 0.717) is 16.1 Å². The zero-order chi connectivity index (χ0) is 13.1. The minimum absolute atomic E-state index is 0.329. The summed E-state index contributed by atoms with van der Waals surface area (Å²) in [6, 6.07) is 10.2. The number of thiophene rings is 1. The van der Waals surface area contributed by atoms with Crippen LogP contribution in [-0.4, -0.2) is 0 Å². The van der Waals surface area contributed by atoms with E-state index >= 15 is 0 Å². The van der Waals surface area contributed by atoms with Crippen molar-refractivity contribution in [2.75, 3.05) is 0 Å². The SMILES string of the molecule is Cc1ccc(C(C)NCc2ccc(Cl)cc2Cl)s1. The van der Waals surface area contributed by atoms with Gasteiger partial charge in [-0.2, -0.15) is 0 Å². The van der Waals surface area contributed by atoms with E-state index in [9.17, 15) is 0 Å². The van der Waals surface area contributed by atoms with Crippen LogP contribution in [0.2, 0.25) is 10.0 Å². The molecule has 1 heterocycles. The molecule has 0 aliphatic heterocycles. The second-order valence-electron chi connectivity index (χ2n) is 4.29. The zero-order valence-corrected chi connectivity index (χ0v) is 12.7. The smallest absolute Gasteiger partial charge is 0.0465 e. The van der Waals surface area contributed by atoms with Crippen LogP contribution in [0, 0.1) is 6.92 Å². The van der Waals surface area contributed by atoms with Gasteiger partial charge >= 0.3 is 0 Å². The van der Waals surface area contributed by atoms with Gasteiger partial charge in [-0.3, -0.25) is 0 Å². The molecule has 0 spiro atoms. The molecule has 0 saturated carbocycles. The Balaban J connectivity index is 1.99. The van der Waals surface area contributed by atoms with Gasteiger partial charge in [0.25, 0.3) is 0 Å². The average Bonchev–Trinajstić information content (AvgIpc) is 2.74. The fourth-order valence-electron chi connectivity index (χ4n) is 1.71. The lowest BCUT2D eigenvalue weighted by atomic mass is 10.2. The van der Waals surface area contributed by atoms with Gasteiger partial charge in [-0.1, -0.05) is 29.3 Å². The maximum absolute atomic E-state index is 6.14. The van der Waals surface area contributed by atoms with Crippen LogP contribution < -0.4 is 5.32 Å². The Morgan fingerprint density at radius 3 is 2.61 bits per heavy atom. The molecule has 0 amide bonds. The van der Waals surface area contributed by atoms with Crippen molar-refractivity contribution >= 4 is 34.5 Å². The Morgan fingerprint density at radius 2 is 2.00 bits per heavy atom. The van der Waals surface area contributed by atoms with Gasteiger partial charge < -0.3 is 5.32 Å². The van der Waals surface area contributed by atoms with E-state index in [4.69, 9.17) is 23.2 Å². The first kappa shape index (κ1) is 13.9. The predicted octanol–water partition coefficient (Wildman–Crippen LogP) is 5.21. The molecule has 1 atom stereocenters. The van der Waals surface area contributed by atoms with E-state index in [1.807, 2.05) is 23.5 Å². The molecular formula is C14H15Cl2NS. The molecule has 1 nitrogen and oxygen atoms in total. The molecule has 0 aliphatic rings. The highest BCUT2D eigenvalue weighted by molar-refractivity contribution is 7.12. The molecule has 0 aliphatic carbocycles. The van der Waals surface area contributed by atoms with Gasteiger partial charge in [-0.25, -0.2) is 0 Å². The van der Waals surface area contributed by atoms with Gasteiger partial charge in [-0.05, 0) is 43.7 Å². The Hall–Kier alpha value is -0.540. The highest BCUT2D eigenvalue weighted by atomic mass is 35.5. The molecule has 0 radical (unpaired) electrons. The second kappa shape index (κ2) is 6.07. The number of benzene rings is 1. The van der Waals surface area contributed by atoms with Gasteiger partial charge in [0.2, 0.25) is 0 Å². The normalized spacial score (nSPS) is 12.7. The molecule has 1 aromatic carbocycles. The van der Waals surface area contributed by atoms with Crippen molar-refractivity contribution in [3.05, 3.63) is 55.7 Å². The summed E-state index contributed by atoms with van der Waals surface area (Å²) in [5, 5.41) is 4.86. The summed E-state index contributed by atoms with van der Waals surface area (Å²) in [6.07, 6.45) is 0. The topological polar surface area (TPSA) is 12.0 Å². The fraction of sp³-hybridized carbons (Fsp3) is 0.286. The van der Waals surface area contributed by atoms with Crippen molar-refractivity contribution in [1.29, 1.82) is 0 Å². The number of halogens is 2. The van der Waals surface area contributed by atoms with Crippen LogP contribution in [-0.2, 0) is 6.54 Å². The van der Waals surface area contributed by atoms with Crippen molar-refractivity contribution in [2.45, 2.75) is 26.4 Å². The molecule has 1 unspecified atom stereocenters. The van der Waals surface area contributed by atoms with Gasteiger partial charge in [0.05, 0.1) is 0 Å². The van der Waals surface area contributed by atoms with Gasteiger partial charge in [0.1, 0.15) is 0 Å². The van der Waals surface area contributed by atoms with Gasteiger partial charge in [-0.15, -0.1) is 11.3 Å². The maximum Gasteiger partial charge on any atom is 0.0465 e. The molecule has 4 heteroatoms. The van der Waals surface area contributed by atoms with Crippen LogP contribution >= 0.6 is 34.5 Å². The summed E-state index contributed by atoms with van der Waals surface area (Å²) in [5.41, 5.74) is 1.07. The third-order valence-corrected chi connectivity index (χ3v) is 4.57. The van der Waals surface area contributed by atoms with E-state index in [-0.39, 0.29) is 0 Å². The largest absolute Gasteiger partial charge is 0.305 e. The van der Waals surface area contributed by atoms with Gasteiger partial charge in [0.15, 0.2) is 0 Å². The van der Waals surface area contributed by atoms with E-state index < -0.39 is 0 Å². The van der Waals surface area contributed by atoms with Crippen LogP contribution in [0.15, 0.2) is 30.3 Å². The van der Waals surface area contributed by atoms with Crippen LogP contribution in [0.4, 0.5) is 0 Å². The highest BCUT2D eigenvalue weighted by Gasteiger charge is 2.08. The molecule has 2 aromatic rings. The first-order valence-corrected chi connectivity index (χ1v) is 7.37. The van der Waals surface area contributed by atoms with Crippen molar-refractivity contribution in [1.82, 2.24) is 5.32 Å². The highest BCUT2D eigenvalue weighted by Crippen LogP contribution is 2.24. The molecular weight excluding hydrogens is 285 g/mol. The Kier molecular flexibility index (Phi) is 4.68. The van der Waals surface area contributed by atoms with E-state index in [1.165, 1.54) is 9.75 Å². The van der Waals surface area contributed by atoms with Crippen LogP contribution in [0.1, 0.15) is 28.3 Å². The number of hydrogen-bond acceptors (Lipinski definition) is 2. The first-order valence-electron chi connectivity index (χ1n) is 5.80. The van der Waals surface area contributed by atoms with Gasteiger partial charge in [0, 0.05) is 32.4 Å². The lowest BCUT2D eigenvalue weighted by Crippen LogP contribution is -2.17. The van der Waals surface area contributed by atoms with Crippen molar-refractivity contribution in [3.8, 4) is 0 Å². The van der Waals surface area contributed by atoms with Crippen LogP contribution in [0.25, 0.3) is 0 Å². The molecule has 96 valence electrons. The van der Waals surface area contributed by atoms with E-state index in [2.05, 4.69) is 31.3 Å². The Morgan fingerprint density at radius 1 is 1.22 bits per heavy atom. The van der Waals surface area contributed by atoms with E-state index in [1.54, 1.807) is 6.07 Å². The maximum atomic E-state index is 6.14. The molecule has 2 rings (SSSR count). The summed E-state index contributed by atoms with van der Waals surface area (Å²) in [4.78, 5) is 2.68. The summed E-state index contributed by atoms with van der Waals surface area (Å²) in [5.74, 6) is 0. The number of nitrogens with one attached hydrogen (secondary N) is 1. The molecule has 18 heavy (non-hydrogen) atoms. The quantitative estimate of drug-likeness (QED) is 0.817. The number of hydrogen-bond donors (Lipinski definition) is 1. The third kappa shape index (κ3) is 3.48. The minimum Gasteiger partial charge on any atom is -0.305 e. The average molecular weight is 300 g/mol. The predicted molar refractivity (Wildman–Crippen MR) is 80.8 cm³/mol. The molecule has 0 fully saturated rings. The fourth-order valence-corrected chi connectivity index (χ4v) is 3.09. The first-order chi connectivity index (χ1) is 8.56. The van der Waals surface area contributed by atoms with Crippen LogP contribution in [0.3, 0.4) is 0 Å². The second-order valence-corrected chi connectivity index (χ2v) is 6.45. The number of aryl methyl sites for hydroxylation is 1. The summed E-state index contributed by atoms with van der Waals surface area (Å²) >= 11 is 13.8. The molecule has 0 bridgehead atoms. The molecule has 1 N–H and O–H groups in total. The third-order valence-electron chi connectivity index (χ3n) is 2.80. The van der Waals surface area contributed by atoms with Crippen molar-refractivity contribution in [3.63, 3.8) is 0 Å². The number of rotatable bonds is 4. The van der Waals surface area contributed by atoms with Crippen molar-refractivity contribution < 1.29 is 0 Å². The standard InChI is InChI=1S/C14H15Cl2NS/c1-9-3-6-14(18-9)10(2)17-8-11-4-5-12(15)7-13(11)16/h3-7,10,17H,8H2,1-2H3. The monoisotopic (exact) mass is 299 g/mol. The van der Waals surface area contributed by atoms with E-state index in [0.717, 1.165) is 12.1 Å². The summed E-state index contributed by atoms with van der Waals surface area (Å²) in [6.45, 7) is 5.03. The minimum atomic E-state index is 0.329. The lowest BCUT2D eigenvalue weighted by molar-refractivity contribution is 0.583. The van der Waals surface area contributed by atoms with Crippen molar-refractivity contribution in [2.24, 2.45) is 0 Å². The Bertz CT molecular complexity index is 536. The summed E-state index contributed by atoms with van der Waals surface area (Å²) in [7, 11) is 0.